The second-order valence-corrected chi connectivity index (χ2v) is 6.31. The number of amidine groups is 1. The average molecular weight is 349 g/mol. The summed E-state index contributed by atoms with van der Waals surface area (Å²) in [6.07, 6.45) is 6.74. The summed E-state index contributed by atoms with van der Waals surface area (Å²) in [6, 6.07) is 3.89. The summed E-state index contributed by atoms with van der Waals surface area (Å²) in [7, 11) is 1.76. The van der Waals surface area contributed by atoms with Crippen LogP contribution in [0.5, 0.6) is 0 Å². The lowest BCUT2D eigenvalue weighted by Crippen LogP contribution is -2.34. The van der Waals surface area contributed by atoms with Gasteiger partial charge in [-0.1, -0.05) is 26.5 Å². The molecule has 0 fully saturated rings. The number of hydrogen-bond donors (Lipinski definition) is 1. The van der Waals surface area contributed by atoms with Gasteiger partial charge in [0.15, 0.2) is 0 Å². The molecule has 1 amide bonds. The van der Waals surface area contributed by atoms with E-state index in [9.17, 15) is 4.79 Å². The number of nitrogens with zero attached hydrogens (tertiary/aromatic N) is 3. The molecule has 1 radical (unpaired) electrons. The molecule has 1 N–H and O–H groups in total. The van der Waals surface area contributed by atoms with Crippen molar-refractivity contribution in [1.82, 2.24) is 10.3 Å². The summed E-state index contributed by atoms with van der Waals surface area (Å²) in [6.45, 7) is 11.8. The summed E-state index contributed by atoms with van der Waals surface area (Å²) in [5.41, 5.74) is 5.24. The highest BCUT2D eigenvalue weighted by Crippen LogP contribution is 2.23. The maximum Gasteiger partial charge on any atom is 0.253 e. The average Bonchev–Trinajstić information content (AvgIpc) is 3.42. The first kappa shape index (κ1) is 19.5. The third-order valence-corrected chi connectivity index (χ3v) is 4.13. The van der Waals surface area contributed by atoms with E-state index < -0.39 is 0 Å². The van der Waals surface area contributed by atoms with Crippen molar-refractivity contribution >= 4 is 17.5 Å². The van der Waals surface area contributed by atoms with Crippen molar-refractivity contribution < 1.29 is 4.79 Å². The number of aromatic nitrogens is 1. The Bertz CT molecular complexity index is 841. The van der Waals surface area contributed by atoms with Gasteiger partial charge in [-0.3, -0.25) is 14.8 Å². The zero-order valence-electron chi connectivity index (χ0n) is 16.0. The van der Waals surface area contributed by atoms with Crippen LogP contribution in [-0.4, -0.2) is 29.5 Å². The predicted octanol–water partition coefficient (Wildman–Crippen LogP) is 3.58. The Kier molecular flexibility index (Phi) is 6.39. The first-order chi connectivity index (χ1) is 12.4. The third-order valence-electron chi connectivity index (χ3n) is 4.13. The van der Waals surface area contributed by atoms with Crippen molar-refractivity contribution in [2.75, 3.05) is 7.05 Å². The van der Waals surface area contributed by atoms with Crippen molar-refractivity contribution in [2.45, 2.75) is 27.7 Å². The minimum absolute atomic E-state index is 0.125. The van der Waals surface area contributed by atoms with Gasteiger partial charge in [-0.15, -0.1) is 0 Å². The molecule has 2 rings (SSSR count). The Balaban J connectivity index is 2.54. The second-order valence-electron chi connectivity index (χ2n) is 6.31. The molecule has 1 aliphatic rings. The van der Waals surface area contributed by atoms with E-state index >= 15 is 0 Å². The predicted molar refractivity (Wildman–Crippen MR) is 107 cm³/mol. The fourth-order valence-electron chi connectivity index (χ4n) is 2.87. The Morgan fingerprint density at radius 2 is 2.08 bits per heavy atom. The number of hydrogen-bond acceptors (Lipinski definition) is 4. The highest BCUT2D eigenvalue weighted by molar-refractivity contribution is 6.21. The molecule has 26 heavy (non-hydrogen) atoms. The second kappa shape index (κ2) is 8.52. The van der Waals surface area contributed by atoms with Crippen LogP contribution in [0.1, 0.15) is 32.0 Å². The van der Waals surface area contributed by atoms with Crippen molar-refractivity contribution in [3.05, 3.63) is 71.6 Å². The number of aliphatic imine (C=N–C) groups is 2. The number of allylic oxidation sites excluding steroid dienone is 2. The number of carbonyl (C=O) groups is 1. The van der Waals surface area contributed by atoms with Gasteiger partial charge in [0.05, 0.1) is 5.71 Å². The number of pyridine rings is 1. The molecule has 0 bridgehead atoms. The Hall–Kier alpha value is -2.82. The van der Waals surface area contributed by atoms with Gasteiger partial charge in [0.2, 0.25) is 0 Å². The highest BCUT2D eigenvalue weighted by Gasteiger charge is 2.24. The van der Waals surface area contributed by atoms with Crippen molar-refractivity contribution in [3.8, 4) is 0 Å². The van der Waals surface area contributed by atoms with Crippen molar-refractivity contribution in [1.29, 1.82) is 0 Å². The van der Waals surface area contributed by atoms with E-state index in [1.54, 1.807) is 25.7 Å². The zero-order valence-corrected chi connectivity index (χ0v) is 16.0. The Morgan fingerprint density at radius 3 is 2.58 bits per heavy atom. The van der Waals surface area contributed by atoms with Crippen LogP contribution in [0.3, 0.4) is 0 Å². The normalized spacial score (nSPS) is 15.4. The van der Waals surface area contributed by atoms with E-state index in [1.807, 2.05) is 26.0 Å². The van der Waals surface area contributed by atoms with Crippen LogP contribution < -0.4 is 5.32 Å². The molecule has 1 heterocycles. The van der Waals surface area contributed by atoms with Gasteiger partial charge in [0, 0.05) is 48.3 Å². The van der Waals surface area contributed by atoms with E-state index in [4.69, 9.17) is 0 Å². The molecular weight excluding hydrogens is 324 g/mol. The molecule has 0 saturated carbocycles. The maximum atomic E-state index is 12.2. The van der Waals surface area contributed by atoms with Crippen LogP contribution in [0.2, 0.25) is 0 Å². The van der Waals surface area contributed by atoms with Crippen molar-refractivity contribution in [3.63, 3.8) is 0 Å². The number of carbonyl (C=O) groups excluding carboxylic acids is 1. The fraction of sp³-hybridized carbons (Fsp3) is 0.286. The minimum Gasteiger partial charge on any atom is -0.307 e. The summed E-state index contributed by atoms with van der Waals surface area (Å²) < 4.78 is 0. The summed E-state index contributed by atoms with van der Waals surface area (Å²) in [5, 5.41) is 2.90. The Labute approximate surface area is 155 Å². The van der Waals surface area contributed by atoms with Crippen LogP contribution in [0, 0.1) is 19.3 Å². The van der Waals surface area contributed by atoms with E-state index in [0.717, 1.165) is 28.1 Å². The lowest BCUT2D eigenvalue weighted by atomic mass is 9.91. The van der Waals surface area contributed by atoms with Gasteiger partial charge in [-0.25, -0.2) is 4.99 Å². The summed E-state index contributed by atoms with van der Waals surface area (Å²) >= 11 is 0. The number of rotatable bonds is 6. The molecule has 5 heteroatoms. The first-order valence-electron chi connectivity index (χ1n) is 8.56. The number of aryl methyl sites for hydroxylation is 1. The molecule has 1 aliphatic carbocycles. The van der Waals surface area contributed by atoms with Gasteiger partial charge in [0.25, 0.3) is 5.91 Å². The van der Waals surface area contributed by atoms with E-state index in [0.29, 0.717) is 11.4 Å². The van der Waals surface area contributed by atoms with Gasteiger partial charge in [0.1, 0.15) is 5.84 Å². The van der Waals surface area contributed by atoms with Gasteiger partial charge in [-0.05, 0) is 37.5 Å². The van der Waals surface area contributed by atoms with Crippen LogP contribution in [-0.2, 0) is 4.79 Å². The molecule has 1 aromatic rings. The third kappa shape index (κ3) is 4.42. The van der Waals surface area contributed by atoms with Gasteiger partial charge < -0.3 is 5.32 Å². The standard InChI is InChI=1S/C21H25N4O/c1-7-23-20(25-21(26)16-10-11-16)18(13(2)3)14(4)19(22-6)17-9-8-12-24-15(17)5/h7-13H,1H2,2-6H3,(H,23,25,26)/b18-14+,22-19?. The SMILES string of the molecule is C=CN=C(NC(=O)C1=C[CH]1)/C(=C(\C)C(=NC)c1cccnc1C)C(C)C. The van der Waals surface area contributed by atoms with E-state index in [-0.39, 0.29) is 11.8 Å². The first-order valence-corrected chi connectivity index (χ1v) is 8.56. The van der Waals surface area contributed by atoms with Crippen molar-refractivity contribution in [2.24, 2.45) is 15.9 Å². The van der Waals surface area contributed by atoms with Gasteiger partial charge >= 0.3 is 0 Å². The monoisotopic (exact) mass is 349 g/mol. The Morgan fingerprint density at radius 1 is 1.38 bits per heavy atom. The molecule has 1 aromatic heterocycles. The van der Waals surface area contributed by atoms with E-state index in [1.165, 1.54) is 6.20 Å². The molecular formula is C21H25N4O. The quantitative estimate of drug-likeness (QED) is 0.630. The van der Waals surface area contributed by atoms with Crippen LogP contribution in [0.25, 0.3) is 0 Å². The highest BCUT2D eigenvalue weighted by atomic mass is 16.1. The molecule has 0 atom stereocenters. The zero-order chi connectivity index (χ0) is 19.3. The fourth-order valence-corrected chi connectivity index (χ4v) is 2.87. The molecule has 0 aromatic carbocycles. The summed E-state index contributed by atoms with van der Waals surface area (Å²) in [5.74, 6) is 0.463. The molecule has 0 spiro atoms. The molecule has 0 aliphatic heterocycles. The number of nitrogens with one attached hydrogen (secondary N) is 1. The minimum atomic E-state index is -0.163. The lowest BCUT2D eigenvalue weighted by molar-refractivity contribution is -0.115. The van der Waals surface area contributed by atoms with Crippen LogP contribution in [0.15, 0.2) is 63.9 Å². The largest absolute Gasteiger partial charge is 0.307 e. The molecule has 0 unspecified atom stereocenters. The lowest BCUT2D eigenvalue weighted by Gasteiger charge is -2.20. The molecule has 135 valence electrons. The summed E-state index contributed by atoms with van der Waals surface area (Å²) in [4.78, 5) is 25.4. The number of amides is 1. The van der Waals surface area contributed by atoms with Crippen LogP contribution >= 0.6 is 0 Å². The maximum absolute atomic E-state index is 12.2. The smallest absolute Gasteiger partial charge is 0.253 e. The molecule has 0 saturated heterocycles. The van der Waals surface area contributed by atoms with E-state index in [2.05, 4.69) is 40.7 Å². The van der Waals surface area contributed by atoms with Crippen LogP contribution in [0.4, 0.5) is 0 Å². The molecule has 5 nitrogen and oxygen atoms in total. The van der Waals surface area contributed by atoms with Gasteiger partial charge in [-0.2, -0.15) is 0 Å². The topological polar surface area (TPSA) is 66.7 Å².